The largest absolute Gasteiger partial charge is 0.400 e. The third-order valence-corrected chi connectivity index (χ3v) is 5.47. The van der Waals surface area contributed by atoms with Crippen molar-refractivity contribution >= 4 is 34.0 Å². The molecule has 0 bridgehead atoms. The molecule has 9 nitrogen and oxygen atoms in total. The first-order valence-corrected chi connectivity index (χ1v) is 10.5. The van der Waals surface area contributed by atoms with Gasteiger partial charge in [0, 0.05) is 31.8 Å². The third kappa shape index (κ3) is 3.74. The van der Waals surface area contributed by atoms with Crippen molar-refractivity contribution < 1.29 is 5.11 Å². The summed E-state index contributed by atoms with van der Waals surface area (Å²) in [5.74, 6) is 2.22. The fraction of sp³-hybridized carbons (Fsp3) is 0.217. The topological polar surface area (TPSA) is 96.4 Å². The minimum Gasteiger partial charge on any atom is -0.400 e. The van der Waals surface area contributed by atoms with Crippen molar-refractivity contribution in [1.29, 1.82) is 0 Å². The molecule has 1 aliphatic rings. The molecule has 1 aliphatic heterocycles. The molecule has 9 heteroatoms. The van der Waals surface area contributed by atoms with E-state index in [2.05, 4.69) is 37.4 Å². The highest BCUT2D eigenvalue weighted by Gasteiger charge is 2.18. The van der Waals surface area contributed by atoms with Gasteiger partial charge in [0.2, 0.25) is 5.95 Å². The summed E-state index contributed by atoms with van der Waals surface area (Å²) in [6.07, 6.45) is 9.89. The van der Waals surface area contributed by atoms with E-state index in [1.807, 2.05) is 58.0 Å². The van der Waals surface area contributed by atoms with E-state index in [1.165, 1.54) is 12.8 Å². The number of aliphatic hydroxyl groups is 1. The van der Waals surface area contributed by atoms with Gasteiger partial charge in [-0.3, -0.25) is 4.98 Å². The van der Waals surface area contributed by atoms with Gasteiger partial charge < -0.3 is 19.9 Å². The number of fused-ring (bicyclic) bond motifs is 2. The van der Waals surface area contributed by atoms with Crippen LogP contribution in [0, 0.1) is 0 Å². The van der Waals surface area contributed by atoms with Crippen LogP contribution < -0.4 is 10.2 Å². The van der Waals surface area contributed by atoms with Crippen LogP contribution in [0.2, 0.25) is 0 Å². The maximum absolute atomic E-state index is 7.00. The molecule has 2 N–H and O–H groups in total. The Bertz CT molecular complexity index is 1350. The van der Waals surface area contributed by atoms with Crippen molar-refractivity contribution in [3.63, 3.8) is 0 Å². The minimum atomic E-state index is 0.720. The van der Waals surface area contributed by atoms with Gasteiger partial charge in [-0.15, -0.1) is 5.10 Å². The Hall–Kier alpha value is -3.98. The molecule has 6 rings (SSSR count). The number of nitrogens with zero attached hydrogens (tertiary/aromatic N) is 7. The highest BCUT2D eigenvalue weighted by atomic mass is 16.2. The van der Waals surface area contributed by atoms with Crippen LogP contribution in [0.4, 0.5) is 17.6 Å². The fourth-order valence-corrected chi connectivity index (χ4v) is 3.92. The Morgan fingerprint density at radius 2 is 1.84 bits per heavy atom. The number of anilines is 3. The van der Waals surface area contributed by atoms with Crippen LogP contribution in [0.25, 0.3) is 22.1 Å². The monoisotopic (exact) mass is 428 g/mol. The second kappa shape index (κ2) is 8.64. The summed E-state index contributed by atoms with van der Waals surface area (Å²) < 4.78 is 3.83. The Labute approximate surface area is 185 Å². The number of pyridine rings is 1. The van der Waals surface area contributed by atoms with Gasteiger partial charge in [-0.05, 0) is 37.1 Å². The van der Waals surface area contributed by atoms with Crippen LogP contribution in [0.3, 0.4) is 0 Å². The molecule has 0 unspecified atom stereocenters. The number of hydrogen-bond donors (Lipinski definition) is 2. The smallest absolute Gasteiger partial charge is 0.245 e. The zero-order valence-corrected chi connectivity index (χ0v) is 17.8. The first kappa shape index (κ1) is 20.0. The van der Waals surface area contributed by atoms with Gasteiger partial charge in [0.15, 0.2) is 5.82 Å². The van der Waals surface area contributed by atoms with Crippen molar-refractivity contribution in [3.8, 4) is 5.69 Å². The van der Waals surface area contributed by atoms with Crippen LogP contribution in [0.1, 0.15) is 12.8 Å². The molecule has 0 aliphatic carbocycles. The lowest BCUT2D eigenvalue weighted by Crippen LogP contribution is -2.22. The number of hydrogen-bond acceptors (Lipinski definition) is 7. The lowest BCUT2D eigenvalue weighted by molar-refractivity contribution is 0.399. The number of imidazole rings is 1. The van der Waals surface area contributed by atoms with Gasteiger partial charge in [0.05, 0.1) is 23.6 Å². The van der Waals surface area contributed by atoms with Crippen LogP contribution in [-0.4, -0.2) is 54.4 Å². The first-order valence-electron chi connectivity index (χ1n) is 10.5. The molecule has 0 spiro atoms. The summed E-state index contributed by atoms with van der Waals surface area (Å²) >= 11 is 0. The van der Waals surface area contributed by atoms with Crippen molar-refractivity contribution in [3.05, 3.63) is 67.4 Å². The lowest BCUT2D eigenvalue weighted by Gasteiger charge is -2.16. The second-order valence-electron chi connectivity index (χ2n) is 7.47. The Morgan fingerprint density at radius 3 is 2.72 bits per heavy atom. The van der Waals surface area contributed by atoms with E-state index < -0.39 is 0 Å². The number of nitrogens with one attached hydrogen (secondary N) is 1. The molecule has 0 saturated carbocycles. The van der Waals surface area contributed by atoms with Gasteiger partial charge in [0.1, 0.15) is 17.7 Å². The van der Waals surface area contributed by atoms with Crippen LogP contribution >= 0.6 is 0 Å². The standard InChI is InChI=1S/C22H20N8.CH4O/c1-2-7-18-16(6-1)12-17(13-23-18)29-14-20(24-15-29)25-21-19-8-5-11-30(19)27-22(26-21)28-9-3-4-10-28;1-2/h1-2,5-8,11-15H,3-4,9-10H2,(H,25,26,27);2H,1H3. The van der Waals surface area contributed by atoms with Crippen LogP contribution in [-0.2, 0) is 0 Å². The number of para-hydroxylation sites is 1. The zero-order chi connectivity index (χ0) is 21.9. The zero-order valence-electron chi connectivity index (χ0n) is 17.8. The van der Waals surface area contributed by atoms with Gasteiger partial charge in [-0.2, -0.15) is 4.98 Å². The minimum absolute atomic E-state index is 0.720. The highest BCUT2D eigenvalue weighted by Crippen LogP contribution is 2.24. The summed E-state index contributed by atoms with van der Waals surface area (Å²) in [6.45, 7) is 1.99. The summed E-state index contributed by atoms with van der Waals surface area (Å²) in [6, 6.07) is 14.2. The molecule has 1 saturated heterocycles. The predicted octanol–water partition coefficient (Wildman–Crippen LogP) is 3.42. The number of rotatable bonds is 4. The number of aliphatic hydroxyl groups excluding tert-OH is 1. The molecule has 162 valence electrons. The van der Waals surface area contributed by atoms with E-state index in [9.17, 15) is 0 Å². The van der Waals surface area contributed by atoms with Gasteiger partial charge in [-0.25, -0.2) is 9.50 Å². The second-order valence-corrected chi connectivity index (χ2v) is 7.47. The quantitative estimate of drug-likeness (QED) is 0.453. The summed E-state index contributed by atoms with van der Waals surface area (Å²) in [7, 11) is 1.00. The normalized spacial score (nSPS) is 13.4. The van der Waals surface area contributed by atoms with E-state index in [0.717, 1.165) is 59.9 Å². The van der Waals surface area contributed by atoms with E-state index in [-0.39, 0.29) is 0 Å². The van der Waals surface area contributed by atoms with E-state index in [1.54, 1.807) is 6.33 Å². The molecule has 1 fully saturated rings. The number of benzene rings is 1. The molecule has 0 amide bonds. The highest BCUT2D eigenvalue weighted by molar-refractivity contribution is 5.80. The molecule has 1 aromatic carbocycles. The van der Waals surface area contributed by atoms with E-state index in [4.69, 9.17) is 10.1 Å². The SMILES string of the molecule is CO.c1ccc2ncc(-n3cnc(Nc4nc(N5CCCC5)nn5cccc45)c3)cc2c1. The van der Waals surface area contributed by atoms with Crippen LogP contribution in [0.15, 0.2) is 67.4 Å². The van der Waals surface area contributed by atoms with Gasteiger partial charge >= 0.3 is 0 Å². The van der Waals surface area contributed by atoms with Crippen molar-refractivity contribution in [2.45, 2.75) is 12.8 Å². The fourth-order valence-electron chi connectivity index (χ4n) is 3.92. The molecule has 0 radical (unpaired) electrons. The number of aromatic nitrogens is 6. The van der Waals surface area contributed by atoms with E-state index in [0.29, 0.717) is 0 Å². The Morgan fingerprint density at radius 1 is 1.00 bits per heavy atom. The van der Waals surface area contributed by atoms with Gasteiger partial charge in [-0.1, -0.05) is 18.2 Å². The van der Waals surface area contributed by atoms with Crippen molar-refractivity contribution in [2.75, 3.05) is 30.4 Å². The van der Waals surface area contributed by atoms with Crippen molar-refractivity contribution in [1.82, 2.24) is 29.1 Å². The summed E-state index contributed by atoms with van der Waals surface area (Å²) in [5.41, 5.74) is 2.85. The summed E-state index contributed by atoms with van der Waals surface area (Å²) in [5, 5.41) is 16.1. The third-order valence-electron chi connectivity index (χ3n) is 5.47. The molecule has 5 aromatic rings. The Kier molecular flexibility index (Phi) is 5.39. The van der Waals surface area contributed by atoms with Crippen molar-refractivity contribution in [2.24, 2.45) is 0 Å². The molecular formula is C23H24N8O. The van der Waals surface area contributed by atoms with Gasteiger partial charge in [0.25, 0.3) is 0 Å². The molecule has 4 aromatic heterocycles. The average molecular weight is 429 g/mol. The lowest BCUT2D eigenvalue weighted by atomic mass is 10.2. The van der Waals surface area contributed by atoms with Crippen LogP contribution in [0.5, 0.6) is 0 Å². The first-order chi connectivity index (χ1) is 15.8. The Balaban J connectivity index is 0.00000105. The molecule has 5 heterocycles. The maximum Gasteiger partial charge on any atom is 0.245 e. The predicted molar refractivity (Wildman–Crippen MR) is 125 cm³/mol. The van der Waals surface area contributed by atoms with E-state index >= 15 is 0 Å². The summed E-state index contributed by atoms with van der Waals surface area (Å²) in [4.78, 5) is 16.1. The molecule has 32 heavy (non-hydrogen) atoms. The molecule has 0 atom stereocenters. The average Bonchev–Trinajstić information content (AvgIpc) is 3.62. The molecular weight excluding hydrogens is 404 g/mol. The maximum atomic E-state index is 7.00.